The molecule has 1 amide bonds. The summed E-state index contributed by atoms with van der Waals surface area (Å²) in [6.07, 6.45) is 5.93. The highest BCUT2D eigenvalue weighted by molar-refractivity contribution is 6.39. The van der Waals surface area contributed by atoms with Gasteiger partial charge in [-0.1, -0.05) is 59.6 Å². The molecule has 0 bridgehead atoms. The second kappa shape index (κ2) is 14.9. The Bertz CT molecular complexity index is 1870. The van der Waals surface area contributed by atoms with Crippen LogP contribution in [0.5, 0.6) is 11.6 Å². The number of carbonyl (C=O) groups excluding carboxylic acids is 1. The molecule has 7 rings (SSSR count). The van der Waals surface area contributed by atoms with Crippen molar-refractivity contribution in [2.24, 2.45) is 5.41 Å². The van der Waals surface area contributed by atoms with Gasteiger partial charge in [0.25, 0.3) is 0 Å². The van der Waals surface area contributed by atoms with Crippen molar-refractivity contribution >= 4 is 29.1 Å². The lowest BCUT2D eigenvalue weighted by Gasteiger charge is -2.53. The molecule has 1 aliphatic carbocycles. The minimum Gasteiger partial charge on any atom is -0.496 e. The average molecular weight is 717 g/mol. The molecule has 2 aromatic heterocycles. The Morgan fingerprint density at radius 3 is 2.30 bits per heavy atom. The molecule has 0 unspecified atom stereocenters. The SMILES string of the molecule is COc1cc(-c2nccc(-c3cccc(-c4ccc(CNC5CCN(C(C)=O)CC5)c(OC)n4)c3Cl)c2Cl)ccc1CNC1CC2(COC2)C1. The number of nitrogens with one attached hydrogen (secondary N) is 2. The summed E-state index contributed by atoms with van der Waals surface area (Å²) in [4.78, 5) is 23.1. The van der Waals surface area contributed by atoms with E-state index in [4.69, 9.17) is 42.4 Å². The first-order valence-electron chi connectivity index (χ1n) is 17.2. The summed E-state index contributed by atoms with van der Waals surface area (Å²) in [5.74, 6) is 1.46. The zero-order valence-electron chi connectivity index (χ0n) is 28.7. The van der Waals surface area contributed by atoms with Gasteiger partial charge in [0.05, 0.1) is 48.9 Å². The fourth-order valence-corrected chi connectivity index (χ4v) is 8.07. The Morgan fingerprint density at radius 1 is 0.900 bits per heavy atom. The fraction of sp³-hybridized carbons (Fsp3) is 0.410. The molecule has 0 radical (unpaired) electrons. The first-order valence-corrected chi connectivity index (χ1v) is 18.0. The molecule has 262 valence electrons. The lowest BCUT2D eigenvalue weighted by atomic mass is 9.64. The van der Waals surface area contributed by atoms with Crippen molar-refractivity contribution in [3.63, 3.8) is 0 Å². The van der Waals surface area contributed by atoms with Crippen LogP contribution in [-0.2, 0) is 22.6 Å². The van der Waals surface area contributed by atoms with Gasteiger partial charge in [-0.25, -0.2) is 4.98 Å². The zero-order chi connectivity index (χ0) is 34.8. The molecule has 1 spiro atoms. The summed E-state index contributed by atoms with van der Waals surface area (Å²) >= 11 is 14.2. The van der Waals surface area contributed by atoms with E-state index in [1.165, 1.54) is 12.8 Å². The smallest absolute Gasteiger partial charge is 0.219 e. The molecule has 11 heteroatoms. The number of carbonyl (C=O) groups is 1. The Morgan fingerprint density at radius 2 is 1.60 bits per heavy atom. The molecule has 50 heavy (non-hydrogen) atoms. The third kappa shape index (κ3) is 7.07. The highest BCUT2D eigenvalue weighted by Crippen LogP contribution is 2.47. The van der Waals surface area contributed by atoms with Gasteiger partial charge in [0.1, 0.15) is 5.75 Å². The van der Waals surface area contributed by atoms with Crippen LogP contribution in [0.3, 0.4) is 0 Å². The second-order valence-corrected chi connectivity index (χ2v) is 14.5. The van der Waals surface area contributed by atoms with Gasteiger partial charge in [0, 0.05) is 90.2 Å². The number of nitrogens with zero attached hydrogens (tertiary/aromatic N) is 3. The Balaban J connectivity index is 1.07. The van der Waals surface area contributed by atoms with Crippen molar-refractivity contribution in [3.05, 3.63) is 82.0 Å². The number of hydrogen-bond acceptors (Lipinski definition) is 8. The third-order valence-electron chi connectivity index (χ3n) is 10.4. The normalized spacial score (nSPS) is 17.3. The number of piperidine rings is 1. The van der Waals surface area contributed by atoms with Crippen LogP contribution in [-0.4, -0.2) is 73.4 Å². The maximum atomic E-state index is 11.7. The third-order valence-corrected chi connectivity index (χ3v) is 11.2. The van der Waals surface area contributed by atoms with Crippen LogP contribution in [0.4, 0.5) is 0 Å². The monoisotopic (exact) mass is 715 g/mol. The van der Waals surface area contributed by atoms with Gasteiger partial charge < -0.3 is 29.7 Å². The molecule has 2 N–H and O–H groups in total. The first-order chi connectivity index (χ1) is 24.3. The number of benzene rings is 2. The van der Waals surface area contributed by atoms with E-state index in [1.54, 1.807) is 27.3 Å². The van der Waals surface area contributed by atoms with Crippen molar-refractivity contribution in [3.8, 4) is 45.3 Å². The van der Waals surface area contributed by atoms with Crippen molar-refractivity contribution in [2.45, 2.75) is 57.8 Å². The minimum absolute atomic E-state index is 0.135. The van der Waals surface area contributed by atoms with Crippen LogP contribution in [0.1, 0.15) is 43.7 Å². The Kier molecular flexibility index (Phi) is 10.3. The van der Waals surface area contributed by atoms with E-state index < -0.39 is 0 Å². The van der Waals surface area contributed by atoms with Gasteiger partial charge in [-0.2, -0.15) is 0 Å². The maximum absolute atomic E-state index is 11.7. The lowest BCUT2D eigenvalue weighted by molar-refractivity contribution is -0.167. The minimum atomic E-state index is 0.135. The van der Waals surface area contributed by atoms with E-state index in [2.05, 4.69) is 21.7 Å². The number of halogens is 2. The molecule has 2 aromatic carbocycles. The standard InChI is InChI=1S/C39H43Cl2N5O4/c1-24(47)46-15-12-28(13-16-46)43-21-27-9-10-33(45-38(27)49-3)32-6-4-5-30(35(32)40)31-11-14-42-37(36(31)41)25-7-8-26(34(17-25)48-2)20-44-29-18-39(19-29)22-50-23-39/h4-11,14,17,28-29,43-44H,12-13,15-16,18-23H2,1-3H3. The fourth-order valence-electron chi connectivity index (χ4n) is 7.42. The van der Waals surface area contributed by atoms with Gasteiger partial charge in [0.15, 0.2) is 0 Å². The van der Waals surface area contributed by atoms with Gasteiger partial charge in [0.2, 0.25) is 11.8 Å². The quantitative estimate of drug-likeness (QED) is 0.169. The zero-order valence-corrected chi connectivity index (χ0v) is 30.2. The number of methoxy groups -OCH3 is 2. The number of rotatable bonds is 11. The van der Waals surface area contributed by atoms with E-state index in [9.17, 15) is 4.79 Å². The van der Waals surface area contributed by atoms with Gasteiger partial charge in [-0.3, -0.25) is 9.78 Å². The van der Waals surface area contributed by atoms with E-state index >= 15 is 0 Å². The summed E-state index contributed by atoms with van der Waals surface area (Å²) in [6, 6.07) is 18.7. The number of aromatic nitrogens is 2. The molecule has 4 heterocycles. The van der Waals surface area contributed by atoms with Gasteiger partial charge in [-0.05, 0) is 43.9 Å². The van der Waals surface area contributed by atoms with Gasteiger partial charge >= 0.3 is 0 Å². The highest BCUT2D eigenvalue weighted by atomic mass is 35.5. The molecule has 0 atom stereocenters. The molecular weight excluding hydrogens is 673 g/mol. The van der Waals surface area contributed by atoms with Crippen LogP contribution >= 0.6 is 23.2 Å². The van der Waals surface area contributed by atoms with Crippen LogP contribution in [0.2, 0.25) is 10.0 Å². The predicted octanol–water partition coefficient (Wildman–Crippen LogP) is 7.17. The van der Waals surface area contributed by atoms with E-state index in [-0.39, 0.29) is 5.91 Å². The summed E-state index contributed by atoms with van der Waals surface area (Å²) < 4.78 is 16.9. The van der Waals surface area contributed by atoms with E-state index in [0.29, 0.717) is 51.4 Å². The largest absolute Gasteiger partial charge is 0.496 e. The molecule has 2 aliphatic heterocycles. The summed E-state index contributed by atoms with van der Waals surface area (Å²) in [6.45, 7) is 6.31. The Hall–Kier alpha value is -3.73. The highest BCUT2D eigenvalue weighted by Gasteiger charge is 2.49. The molecular formula is C39H43Cl2N5O4. The number of hydrogen-bond donors (Lipinski definition) is 2. The molecule has 3 fully saturated rings. The molecule has 9 nitrogen and oxygen atoms in total. The van der Waals surface area contributed by atoms with Gasteiger partial charge in [-0.15, -0.1) is 0 Å². The van der Waals surface area contributed by atoms with Crippen molar-refractivity contribution in [1.29, 1.82) is 0 Å². The molecule has 4 aromatic rings. The van der Waals surface area contributed by atoms with E-state index in [1.807, 2.05) is 53.4 Å². The predicted molar refractivity (Wildman–Crippen MR) is 197 cm³/mol. The van der Waals surface area contributed by atoms with Crippen LogP contribution in [0.15, 0.2) is 60.8 Å². The first kappa shape index (κ1) is 34.7. The van der Waals surface area contributed by atoms with Crippen LogP contribution < -0.4 is 20.1 Å². The summed E-state index contributed by atoms with van der Waals surface area (Å²) in [5.41, 5.74) is 7.00. The average Bonchev–Trinajstić information content (AvgIpc) is 3.10. The van der Waals surface area contributed by atoms with Crippen LogP contribution in [0.25, 0.3) is 33.6 Å². The molecule has 1 saturated carbocycles. The summed E-state index contributed by atoms with van der Waals surface area (Å²) in [7, 11) is 3.32. The van der Waals surface area contributed by atoms with Crippen molar-refractivity contribution in [1.82, 2.24) is 25.5 Å². The topological polar surface area (TPSA) is 97.8 Å². The van der Waals surface area contributed by atoms with Crippen molar-refractivity contribution in [2.75, 3.05) is 40.5 Å². The number of pyridine rings is 2. The van der Waals surface area contributed by atoms with Crippen LogP contribution in [0, 0.1) is 5.41 Å². The maximum Gasteiger partial charge on any atom is 0.219 e. The Labute approximate surface area is 303 Å². The number of ether oxygens (including phenoxy) is 3. The second-order valence-electron chi connectivity index (χ2n) is 13.7. The number of likely N-dealkylation sites (tertiary alicyclic amines) is 1. The molecule has 3 aliphatic rings. The molecule has 2 saturated heterocycles. The lowest BCUT2D eigenvalue weighted by Crippen LogP contribution is -2.58. The number of amides is 1. The van der Waals surface area contributed by atoms with Crippen molar-refractivity contribution < 1.29 is 19.0 Å². The summed E-state index contributed by atoms with van der Waals surface area (Å²) in [5, 5.41) is 8.33. The van der Waals surface area contributed by atoms with E-state index in [0.717, 1.165) is 84.8 Å².